The molecule has 63 heavy (non-hydrogen) atoms. The van der Waals surface area contributed by atoms with Crippen LogP contribution in [0.15, 0.2) is 274 Å². The minimum atomic E-state index is -1.80. The number of para-hydroxylation sites is 3. The molecule has 12 aromatic rings. The number of aromatic nitrogens is 2. The Morgan fingerprint density at radius 1 is 0.254 bits per heavy atom. The van der Waals surface area contributed by atoms with Crippen LogP contribution in [0, 0.1) is 0 Å². The van der Waals surface area contributed by atoms with E-state index in [4.69, 9.17) is 0 Å². The van der Waals surface area contributed by atoms with Gasteiger partial charge in [-0.3, -0.25) is 0 Å². The third-order valence-corrected chi connectivity index (χ3v) is 16.5. The Bertz CT molecular complexity index is 3490. The Morgan fingerprint density at radius 2 is 0.730 bits per heavy atom. The van der Waals surface area contributed by atoms with Crippen molar-refractivity contribution >= 4 is 53.6 Å². The summed E-state index contributed by atoms with van der Waals surface area (Å²) in [5.74, 6) is 0. The lowest BCUT2D eigenvalue weighted by Crippen LogP contribution is -2.05. The Labute approximate surface area is 368 Å². The first-order valence-corrected chi connectivity index (χ1v) is 23.2. The summed E-state index contributed by atoms with van der Waals surface area (Å²) < 4.78 is 4.90. The average Bonchev–Trinajstić information content (AvgIpc) is 3.89. The average molecular weight is 823 g/mol. The molecule has 0 radical (unpaired) electrons. The SMILES string of the molecule is c1ccc(-c2cccc(-n3c4ccccc4c4cccc(-c5ccc6c(c5)c5ccccc5n6-c5ccc(S(c6ccccc6)(c6ccccc6)c6ccccc6)cc5)c43)c2)cc1. The molecule has 0 amide bonds. The summed E-state index contributed by atoms with van der Waals surface area (Å²) in [4.78, 5) is 5.25. The van der Waals surface area contributed by atoms with Crippen molar-refractivity contribution < 1.29 is 0 Å². The molecule has 0 atom stereocenters. The van der Waals surface area contributed by atoms with Crippen molar-refractivity contribution in [2.24, 2.45) is 0 Å². The number of hydrogen-bond donors (Lipinski definition) is 0. The molecular formula is C60H42N2S. The first-order valence-electron chi connectivity index (χ1n) is 21.6. The fraction of sp³-hybridized carbons (Fsp3) is 0. The normalized spacial score (nSPS) is 12.1. The van der Waals surface area contributed by atoms with Crippen LogP contribution < -0.4 is 0 Å². The topological polar surface area (TPSA) is 9.86 Å². The van der Waals surface area contributed by atoms with Gasteiger partial charge in [0.25, 0.3) is 0 Å². The van der Waals surface area contributed by atoms with Crippen LogP contribution >= 0.6 is 10.0 Å². The van der Waals surface area contributed by atoms with Gasteiger partial charge in [-0.25, -0.2) is 0 Å². The Morgan fingerprint density at radius 3 is 1.37 bits per heavy atom. The summed E-state index contributed by atoms with van der Waals surface area (Å²) in [6.07, 6.45) is 0. The highest BCUT2D eigenvalue weighted by Crippen LogP contribution is 2.73. The van der Waals surface area contributed by atoms with Crippen LogP contribution in [0.3, 0.4) is 0 Å². The minimum absolute atomic E-state index is 1.14. The van der Waals surface area contributed by atoms with Gasteiger partial charge in [-0.05, 0) is 114 Å². The fourth-order valence-electron chi connectivity index (χ4n) is 9.88. The second-order valence-corrected chi connectivity index (χ2v) is 19.2. The second-order valence-electron chi connectivity index (χ2n) is 16.1. The lowest BCUT2D eigenvalue weighted by atomic mass is 9.99. The number of fused-ring (bicyclic) bond motifs is 6. The van der Waals surface area contributed by atoms with Crippen molar-refractivity contribution in [1.82, 2.24) is 9.13 Å². The maximum atomic E-state index is 2.46. The molecule has 2 nitrogen and oxygen atoms in total. The lowest BCUT2D eigenvalue weighted by molar-refractivity contribution is 1.16. The van der Waals surface area contributed by atoms with Crippen molar-refractivity contribution in [3.05, 3.63) is 255 Å². The molecular weight excluding hydrogens is 781 g/mol. The van der Waals surface area contributed by atoms with Gasteiger partial charge in [-0.15, -0.1) is 10.0 Å². The van der Waals surface area contributed by atoms with Gasteiger partial charge >= 0.3 is 0 Å². The fourth-order valence-corrected chi connectivity index (χ4v) is 13.8. The predicted molar refractivity (Wildman–Crippen MR) is 266 cm³/mol. The summed E-state index contributed by atoms with van der Waals surface area (Å²) in [6, 6.07) is 93.7. The van der Waals surface area contributed by atoms with Gasteiger partial charge in [0.15, 0.2) is 0 Å². The zero-order chi connectivity index (χ0) is 41.7. The molecule has 0 unspecified atom stereocenters. The summed E-state index contributed by atoms with van der Waals surface area (Å²) in [7, 11) is -1.80. The van der Waals surface area contributed by atoms with Crippen LogP contribution in [0.4, 0.5) is 0 Å². The van der Waals surface area contributed by atoms with Crippen LogP contribution in [0.1, 0.15) is 0 Å². The molecule has 0 fully saturated rings. The molecule has 0 bridgehead atoms. The van der Waals surface area contributed by atoms with Crippen molar-refractivity contribution in [3.8, 4) is 33.6 Å². The zero-order valence-electron chi connectivity index (χ0n) is 34.6. The maximum absolute atomic E-state index is 2.46. The summed E-state index contributed by atoms with van der Waals surface area (Å²) in [6.45, 7) is 0. The first kappa shape index (κ1) is 37.0. The van der Waals surface area contributed by atoms with Gasteiger partial charge in [0.1, 0.15) is 0 Å². The number of benzene rings is 10. The van der Waals surface area contributed by atoms with Gasteiger partial charge in [-0.1, -0.05) is 158 Å². The Kier molecular flexibility index (Phi) is 8.95. The van der Waals surface area contributed by atoms with Crippen molar-refractivity contribution in [2.45, 2.75) is 19.6 Å². The highest BCUT2D eigenvalue weighted by molar-refractivity contribution is 8.34. The van der Waals surface area contributed by atoms with Crippen molar-refractivity contribution in [2.75, 3.05) is 0 Å². The third kappa shape index (κ3) is 5.96. The van der Waals surface area contributed by atoms with Crippen LogP contribution in [0.2, 0.25) is 0 Å². The standard InChI is InChI=1S/C60H42N2S/c1-5-19-43(20-6-1)44-21-17-22-47(41-44)62-58-34-16-13-29-53(58)55-32-18-31-52(60(55)62)45-35-40-59-56(42-45)54-30-14-15-33-57(54)61(59)46-36-38-51(39-37-46)63(48-23-7-2-8-24-48,49-25-9-3-10-26-49)50-27-11-4-12-28-50/h1-42H. The largest absolute Gasteiger partial charge is 0.309 e. The molecule has 2 heterocycles. The van der Waals surface area contributed by atoms with Gasteiger partial charge < -0.3 is 9.13 Å². The Hall–Kier alpha value is -7.85. The van der Waals surface area contributed by atoms with E-state index in [-0.39, 0.29) is 0 Å². The van der Waals surface area contributed by atoms with E-state index < -0.39 is 10.0 Å². The van der Waals surface area contributed by atoms with Crippen LogP contribution in [-0.4, -0.2) is 9.13 Å². The van der Waals surface area contributed by atoms with E-state index in [2.05, 4.69) is 264 Å². The molecule has 0 aliphatic carbocycles. The highest BCUT2D eigenvalue weighted by Gasteiger charge is 2.33. The minimum Gasteiger partial charge on any atom is -0.309 e. The number of rotatable bonds is 8. The molecule has 0 N–H and O–H groups in total. The third-order valence-electron chi connectivity index (χ3n) is 12.6. The number of hydrogen-bond acceptors (Lipinski definition) is 0. The molecule has 298 valence electrons. The summed E-state index contributed by atoms with van der Waals surface area (Å²) >= 11 is 0. The molecule has 0 saturated carbocycles. The molecule has 0 aliphatic rings. The zero-order valence-corrected chi connectivity index (χ0v) is 35.4. The quantitative estimate of drug-likeness (QED) is 0.144. The molecule has 3 heteroatoms. The first-order chi connectivity index (χ1) is 31.3. The summed E-state index contributed by atoms with van der Waals surface area (Å²) in [5, 5.41) is 4.96. The molecule has 12 rings (SSSR count). The van der Waals surface area contributed by atoms with E-state index in [1.165, 1.54) is 85.4 Å². The van der Waals surface area contributed by atoms with E-state index in [1.54, 1.807) is 0 Å². The van der Waals surface area contributed by atoms with Gasteiger partial charge in [0.05, 0.1) is 22.1 Å². The van der Waals surface area contributed by atoms with E-state index >= 15 is 0 Å². The van der Waals surface area contributed by atoms with Crippen molar-refractivity contribution in [3.63, 3.8) is 0 Å². The Balaban J connectivity index is 1.03. The van der Waals surface area contributed by atoms with Crippen LogP contribution in [-0.2, 0) is 0 Å². The smallest absolute Gasteiger partial charge is 0.0619 e. The lowest BCUT2D eigenvalue weighted by Gasteiger charge is -2.42. The van der Waals surface area contributed by atoms with E-state index in [0.29, 0.717) is 0 Å². The van der Waals surface area contributed by atoms with E-state index in [1.807, 2.05) is 0 Å². The predicted octanol–water partition coefficient (Wildman–Crippen LogP) is 16.6. The van der Waals surface area contributed by atoms with Gasteiger partial charge in [-0.2, -0.15) is 0 Å². The molecule has 0 saturated heterocycles. The molecule has 2 aromatic heterocycles. The molecule has 0 aliphatic heterocycles. The monoisotopic (exact) mass is 822 g/mol. The van der Waals surface area contributed by atoms with Crippen LogP contribution in [0.5, 0.6) is 0 Å². The molecule has 10 aromatic carbocycles. The van der Waals surface area contributed by atoms with E-state index in [0.717, 1.165) is 11.4 Å². The van der Waals surface area contributed by atoms with Crippen molar-refractivity contribution in [1.29, 1.82) is 0 Å². The second kappa shape index (κ2) is 15.3. The van der Waals surface area contributed by atoms with E-state index in [9.17, 15) is 0 Å². The van der Waals surface area contributed by atoms with Gasteiger partial charge in [0, 0.05) is 58.1 Å². The summed E-state index contributed by atoms with van der Waals surface area (Å²) in [5.41, 5.74) is 11.9. The number of nitrogens with zero attached hydrogens (tertiary/aromatic N) is 2. The molecule has 0 spiro atoms. The highest BCUT2D eigenvalue weighted by atomic mass is 32.3. The van der Waals surface area contributed by atoms with Crippen LogP contribution in [0.25, 0.3) is 77.2 Å². The maximum Gasteiger partial charge on any atom is 0.0619 e. The van der Waals surface area contributed by atoms with Gasteiger partial charge in [0.2, 0.25) is 0 Å².